The van der Waals surface area contributed by atoms with Gasteiger partial charge in [0, 0.05) is 46.5 Å². The van der Waals surface area contributed by atoms with Crippen molar-refractivity contribution in [3.8, 4) is 5.75 Å². The average Bonchev–Trinajstić information content (AvgIpc) is 2.91. The van der Waals surface area contributed by atoms with Crippen LogP contribution in [-0.4, -0.2) is 35.4 Å². The van der Waals surface area contributed by atoms with Crippen LogP contribution in [0.3, 0.4) is 0 Å². The van der Waals surface area contributed by atoms with E-state index in [1.54, 1.807) is 18.2 Å². The quantitative estimate of drug-likeness (QED) is 0.174. The monoisotopic (exact) mass is 603 g/mol. The number of nitro groups is 1. The Morgan fingerprint density at radius 3 is 2.58 bits per heavy atom. The van der Waals surface area contributed by atoms with Crippen LogP contribution in [0.1, 0.15) is 11.3 Å². The number of para-hydroxylation sites is 1. The van der Waals surface area contributed by atoms with Gasteiger partial charge in [0.2, 0.25) is 5.91 Å². The van der Waals surface area contributed by atoms with Crippen LogP contribution in [0, 0.1) is 17.0 Å². The van der Waals surface area contributed by atoms with Crippen LogP contribution in [-0.2, 0) is 11.4 Å². The number of nitrogens with one attached hydrogen (secondary N) is 2. The number of halogens is 3. The first-order valence-corrected chi connectivity index (χ1v) is 12.4. The molecule has 1 aromatic heterocycles. The summed E-state index contributed by atoms with van der Waals surface area (Å²) in [5, 5.41) is 17.3. The molecule has 0 saturated heterocycles. The van der Waals surface area contributed by atoms with Gasteiger partial charge in [0.25, 0.3) is 5.69 Å². The fourth-order valence-corrected chi connectivity index (χ4v) is 4.35. The zero-order chi connectivity index (χ0) is 28.1. The highest BCUT2D eigenvalue weighted by atomic mass is 35.5. The van der Waals surface area contributed by atoms with Crippen molar-refractivity contribution in [3.05, 3.63) is 98.1 Å². The number of pyridine rings is 1. The number of hydrogen-bond donors (Lipinski definition) is 2. The van der Waals surface area contributed by atoms with Gasteiger partial charge in [0.1, 0.15) is 17.9 Å². The number of urea groups is 1. The molecule has 0 atom stereocenters. The molecule has 0 spiro atoms. The van der Waals surface area contributed by atoms with E-state index >= 15 is 0 Å². The van der Waals surface area contributed by atoms with Crippen molar-refractivity contribution >= 4 is 75.5 Å². The molecule has 0 fully saturated rings. The number of aromatic nitrogens is 1. The first-order chi connectivity index (χ1) is 18.6. The van der Waals surface area contributed by atoms with Gasteiger partial charge in [-0.25, -0.2) is 9.78 Å². The smallest absolute Gasteiger partial charge is 0.319 e. The molecule has 4 aromatic rings. The maximum absolute atomic E-state index is 12.8. The van der Waals surface area contributed by atoms with Gasteiger partial charge in [-0.05, 0) is 37.3 Å². The summed E-state index contributed by atoms with van der Waals surface area (Å²) < 4.78 is 6.03. The van der Waals surface area contributed by atoms with Crippen molar-refractivity contribution < 1.29 is 19.2 Å². The highest BCUT2D eigenvalue weighted by Gasteiger charge is 2.20. The summed E-state index contributed by atoms with van der Waals surface area (Å²) in [6, 6.07) is 17.4. The van der Waals surface area contributed by atoms with Crippen LogP contribution < -0.4 is 20.3 Å². The second kappa shape index (κ2) is 13.3. The van der Waals surface area contributed by atoms with E-state index in [0.717, 1.165) is 11.1 Å². The number of carbonyl (C=O) groups is 2. The molecule has 0 aliphatic carbocycles. The number of rotatable bonds is 8. The minimum absolute atomic E-state index is 0. The second-order valence-corrected chi connectivity index (χ2v) is 9.28. The Morgan fingerprint density at radius 2 is 1.82 bits per heavy atom. The van der Waals surface area contributed by atoms with E-state index in [9.17, 15) is 19.7 Å². The van der Waals surface area contributed by atoms with Crippen molar-refractivity contribution in [2.45, 2.75) is 13.5 Å². The van der Waals surface area contributed by atoms with E-state index in [1.807, 2.05) is 31.2 Å². The van der Waals surface area contributed by atoms with E-state index in [2.05, 4.69) is 15.6 Å². The third kappa shape index (κ3) is 7.09. The number of ether oxygens (including phenoxy) is 1. The number of hydrogen-bond acceptors (Lipinski definition) is 6. The number of fused-ring (bicyclic) bond motifs is 1. The molecule has 0 radical (unpaired) electrons. The predicted molar refractivity (Wildman–Crippen MR) is 158 cm³/mol. The molecule has 0 saturated carbocycles. The van der Waals surface area contributed by atoms with Crippen LogP contribution in [0.5, 0.6) is 5.75 Å². The van der Waals surface area contributed by atoms with Crippen LogP contribution in [0.15, 0.2) is 66.7 Å². The molecule has 13 heteroatoms. The Labute approximate surface area is 245 Å². The predicted octanol–water partition coefficient (Wildman–Crippen LogP) is 6.54. The summed E-state index contributed by atoms with van der Waals surface area (Å²) in [7, 11) is 1.51. The summed E-state index contributed by atoms with van der Waals surface area (Å²) in [5.74, 6) is 0.103. The third-order valence-corrected chi connectivity index (χ3v) is 6.59. The van der Waals surface area contributed by atoms with Crippen molar-refractivity contribution in [3.63, 3.8) is 0 Å². The SMILES string of the molecule is Cc1ccc2cccc(OCc3c(Cl)ccc(N(C)C(=O)CNC(=O)Nc4cccc([N+](=O)[O-])c4)c3Cl)c2n1.Cl. The molecule has 1 heterocycles. The second-order valence-electron chi connectivity index (χ2n) is 8.50. The summed E-state index contributed by atoms with van der Waals surface area (Å²) in [6.45, 7) is 1.57. The Morgan fingerprint density at radius 1 is 1.07 bits per heavy atom. The first kappa shape index (κ1) is 30.4. The lowest BCUT2D eigenvalue weighted by atomic mass is 10.1. The normalized spacial score (nSPS) is 10.4. The standard InChI is InChI=1S/C27H23Cl2N5O5.ClH/c1-16-9-10-17-5-3-8-23(26(17)31-16)39-15-20-21(28)11-12-22(25(20)29)33(2)24(35)14-30-27(36)32-18-6-4-7-19(13-18)34(37)38;/h3-13H,14-15H2,1-2H3,(H2,30,32,36);1H. The summed E-state index contributed by atoms with van der Waals surface area (Å²) in [6.07, 6.45) is 0. The minimum Gasteiger partial charge on any atom is -0.487 e. The first-order valence-electron chi connectivity index (χ1n) is 11.7. The number of aryl methyl sites for hydroxylation is 1. The highest BCUT2D eigenvalue weighted by molar-refractivity contribution is 6.38. The van der Waals surface area contributed by atoms with E-state index in [4.69, 9.17) is 27.9 Å². The number of nitrogens with zero attached hydrogens (tertiary/aromatic N) is 3. The van der Waals surface area contributed by atoms with Gasteiger partial charge < -0.3 is 20.3 Å². The van der Waals surface area contributed by atoms with Crippen molar-refractivity contribution in [2.75, 3.05) is 23.8 Å². The van der Waals surface area contributed by atoms with Crippen LogP contribution in [0.2, 0.25) is 10.0 Å². The fourth-order valence-electron chi connectivity index (χ4n) is 3.74. The highest BCUT2D eigenvalue weighted by Crippen LogP contribution is 2.35. The Kier molecular flexibility index (Phi) is 10.1. The van der Waals surface area contributed by atoms with Crippen molar-refractivity contribution in [1.29, 1.82) is 0 Å². The fraction of sp³-hybridized carbons (Fsp3) is 0.148. The molecule has 10 nitrogen and oxygen atoms in total. The molecule has 3 aromatic carbocycles. The summed E-state index contributed by atoms with van der Waals surface area (Å²) >= 11 is 13.1. The molecule has 0 aliphatic rings. The van der Waals surface area contributed by atoms with Crippen LogP contribution in [0.4, 0.5) is 21.9 Å². The van der Waals surface area contributed by atoms with Gasteiger partial charge in [-0.2, -0.15) is 0 Å². The van der Waals surface area contributed by atoms with Crippen LogP contribution in [0.25, 0.3) is 10.9 Å². The maximum Gasteiger partial charge on any atom is 0.319 e. The lowest BCUT2D eigenvalue weighted by molar-refractivity contribution is -0.384. The third-order valence-electron chi connectivity index (χ3n) is 5.81. The van der Waals surface area contributed by atoms with Gasteiger partial charge in [-0.1, -0.05) is 47.5 Å². The Balaban J connectivity index is 0.00000441. The molecule has 0 aliphatic heterocycles. The largest absolute Gasteiger partial charge is 0.487 e. The van der Waals surface area contributed by atoms with Gasteiger partial charge in [0.05, 0.1) is 22.2 Å². The molecule has 0 unspecified atom stereocenters. The zero-order valence-corrected chi connectivity index (χ0v) is 23.6. The maximum atomic E-state index is 12.8. The van der Waals surface area contributed by atoms with E-state index in [-0.39, 0.29) is 42.0 Å². The average molecular weight is 605 g/mol. The molecule has 0 bridgehead atoms. The van der Waals surface area contributed by atoms with Gasteiger partial charge in [0.15, 0.2) is 0 Å². The molecule has 40 heavy (non-hydrogen) atoms. The number of benzene rings is 3. The lowest BCUT2D eigenvalue weighted by Crippen LogP contribution is -2.40. The summed E-state index contributed by atoms with van der Waals surface area (Å²) in [4.78, 5) is 41.2. The van der Waals surface area contributed by atoms with E-state index in [1.165, 1.54) is 36.2 Å². The molecular weight excluding hydrogens is 581 g/mol. The van der Waals surface area contributed by atoms with Gasteiger partial charge in [-0.3, -0.25) is 14.9 Å². The van der Waals surface area contributed by atoms with Crippen LogP contribution >= 0.6 is 35.6 Å². The Hall–Kier alpha value is -4.12. The Bertz CT molecular complexity index is 1580. The van der Waals surface area contributed by atoms with E-state index in [0.29, 0.717) is 27.5 Å². The zero-order valence-electron chi connectivity index (χ0n) is 21.3. The summed E-state index contributed by atoms with van der Waals surface area (Å²) in [5.41, 5.74) is 2.46. The van der Waals surface area contributed by atoms with Gasteiger partial charge >= 0.3 is 6.03 Å². The minimum atomic E-state index is -0.701. The van der Waals surface area contributed by atoms with Crippen molar-refractivity contribution in [1.82, 2.24) is 10.3 Å². The number of anilines is 2. The molecular formula is C27H24Cl3N5O5. The van der Waals surface area contributed by atoms with Gasteiger partial charge in [-0.15, -0.1) is 12.4 Å². The molecule has 4 rings (SSSR count). The molecule has 3 amide bonds. The topological polar surface area (TPSA) is 127 Å². The number of amides is 3. The molecule has 208 valence electrons. The lowest BCUT2D eigenvalue weighted by Gasteiger charge is -2.21. The number of likely N-dealkylation sites (N-methyl/N-ethyl adjacent to an activating group) is 1. The van der Waals surface area contributed by atoms with Crippen molar-refractivity contribution in [2.24, 2.45) is 0 Å². The van der Waals surface area contributed by atoms with E-state index < -0.39 is 16.9 Å². The number of nitro benzene ring substituents is 1. The number of non-ortho nitro benzene ring substituents is 1. The number of carbonyl (C=O) groups excluding carboxylic acids is 2. The molecule has 2 N–H and O–H groups in total.